The first-order valence-corrected chi connectivity index (χ1v) is 20.7. The number of carbonyl (C=O) groups excluding carboxylic acids is 4. The SMILES string of the molecule is CCC(C)C(C(CC(=O)N1CCC[C@H]1C(OC)C(C)C(=O)NC(Cc1ccccc1)c1nccs1)OC)N(C)C(=O)CNC(=O)C(C(C)C)N(C)CCCN. The predicted molar refractivity (Wildman–Crippen MR) is 217 cm³/mol. The molecule has 1 fully saturated rings. The molecular weight excluding hydrogens is 719 g/mol. The van der Waals surface area contributed by atoms with Crippen molar-refractivity contribution < 1.29 is 28.7 Å². The molecule has 1 aromatic carbocycles. The van der Waals surface area contributed by atoms with Crippen molar-refractivity contribution in [3.63, 3.8) is 0 Å². The van der Waals surface area contributed by atoms with Crippen LogP contribution < -0.4 is 16.4 Å². The standard InChI is InChI=1S/C41H67N7O6S/c1-10-28(4)37(47(7)35(50)26-44-40(52)36(27(2)3)46(6)21-15-19-42)33(53-8)25-34(49)48-22-14-18-32(48)38(54-9)29(5)39(51)45-31(41-43-20-23-55-41)24-30-16-12-11-13-17-30/h11-13,16-17,20,23,27-29,31-33,36-38H,10,14-15,18-19,21-22,24-26,42H2,1-9H3,(H,44,52)(H,45,51)/t28?,29?,31?,32-,33?,36?,37?,38?/m0/s1. The monoisotopic (exact) mass is 785 g/mol. The van der Waals surface area contributed by atoms with Crippen LogP contribution in [0, 0.1) is 17.8 Å². The van der Waals surface area contributed by atoms with E-state index in [-0.39, 0.29) is 60.5 Å². The van der Waals surface area contributed by atoms with E-state index < -0.39 is 30.2 Å². The van der Waals surface area contributed by atoms with E-state index in [0.29, 0.717) is 32.5 Å². The van der Waals surface area contributed by atoms with Gasteiger partial charge in [-0.2, -0.15) is 0 Å². The summed E-state index contributed by atoms with van der Waals surface area (Å²) in [5.74, 6) is -1.26. The Morgan fingerprint density at radius 3 is 2.35 bits per heavy atom. The molecule has 0 saturated carbocycles. The van der Waals surface area contributed by atoms with Crippen LogP contribution in [0.1, 0.15) is 83.3 Å². The fourth-order valence-corrected chi connectivity index (χ4v) is 8.66. The molecule has 3 rings (SSSR count). The number of thiazole rings is 1. The molecule has 0 aliphatic carbocycles. The number of amides is 4. The highest BCUT2D eigenvalue weighted by Gasteiger charge is 2.42. The van der Waals surface area contributed by atoms with Crippen LogP contribution in [-0.4, -0.2) is 128 Å². The second kappa shape index (κ2) is 23.0. The number of likely N-dealkylation sites (tertiary alicyclic amines) is 1. The summed E-state index contributed by atoms with van der Waals surface area (Å²) in [5, 5.41) is 8.82. The van der Waals surface area contributed by atoms with Crippen molar-refractivity contribution in [3.8, 4) is 0 Å². The van der Waals surface area contributed by atoms with E-state index in [1.807, 2.05) is 87.2 Å². The normalized spacial score (nSPS) is 18.3. The largest absolute Gasteiger partial charge is 0.379 e. The maximum Gasteiger partial charge on any atom is 0.242 e. The number of nitrogens with one attached hydrogen (secondary N) is 2. The maximum absolute atomic E-state index is 14.2. The molecule has 13 nitrogen and oxygen atoms in total. The molecule has 308 valence electrons. The molecule has 4 amide bonds. The van der Waals surface area contributed by atoms with Crippen LogP contribution in [0.4, 0.5) is 0 Å². The number of likely N-dealkylation sites (N-methyl/N-ethyl adjacent to an activating group) is 2. The topological polar surface area (TPSA) is 159 Å². The summed E-state index contributed by atoms with van der Waals surface area (Å²) >= 11 is 1.50. The zero-order chi connectivity index (χ0) is 40.7. The van der Waals surface area contributed by atoms with Crippen LogP contribution in [0.25, 0.3) is 0 Å². The van der Waals surface area contributed by atoms with Gasteiger partial charge in [0.15, 0.2) is 0 Å². The van der Waals surface area contributed by atoms with Gasteiger partial charge in [-0.25, -0.2) is 4.98 Å². The Morgan fingerprint density at radius 2 is 1.76 bits per heavy atom. The molecular formula is C41H67N7O6S. The number of aromatic nitrogens is 1. The summed E-state index contributed by atoms with van der Waals surface area (Å²) in [6.07, 6.45) is 4.25. The fraction of sp³-hybridized carbons (Fsp3) is 0.683. The van der Waals surface area contributed by atoms with Crippen LogP contribution in [-0.2, 0) is 35.1 Å². The third-order valence-electron chi connectivity index (χ3n) is 11.2. The third kappa shape index (κ3) is 12.8. The number of carbonyl (C=O) groups is 4. The first-order chi connectivity index (χ1) is 26.3. The van der Waals surface area contributed by atoms with Crippen molar-refractivity contribution in [2.45, 2.75) is 110 Å². The van der Waals surface area contributed by atoms with Crippen LogP contribution >= 0.6 is 11.3 Å². The highest BCUT2D eigenvalue weighted by Crippen LogP contribution is 2.30. The van der Waals surface area contributed by atoms with Crippen LogP contribution in [0.3, 0.4) is 0 Å². The van der Waals surface area contributed by atoms with Gasteiger partial charge >= 0.3 is 0 Å². The minimum atomic E-state index is -0.599. The highest BCUT2D eigenvalue weighted by atomic mass is 32.1. The summed E-state index contributed by atoms with van der Waals surface area (Å²) in [6.45, 7) is 11.5. The van der Waals surface area contributed by atoms with Gasteiger partial charge in [-0.3, -0.25) is 24.1 Å². The lowest BCUT2D eigenvalue weighted by atomic mass is 9.90. The molecule has 0 radical (unpaired) electrons. The van der Waals surface area contributed by atoms with E-state index in [4.69, 9.17) is 15.2 Å². The molecule has 1 aliphatic rings. The molecule has 7 unspecified atom stereocenters. The molecule has 1 saturated heterocycles. The summed E-state index contributed by atoms with van der Waals surface area (Å²) in [6, 6.07) is 8.57. The first-order valence-electron chi connectivity index (χ1n) is 19.8. The van der Waals surface area contributed by atoms with E-state index in [1.165, 1.54) is 11.3 Å². The molecule has 14 heteroatoms. The van der Waals surface area contributed by atoms with Crippen molar-refractivity contribution in [3.05, 3.63) is 52.5 Å². The number of nitrogens with zero attached hydrogens (tertiary/aromatic N) is 4. The minimum absolute atomic E-state index is 0.000283. The maximum atomic E-state index is 14.2. The summed E-state index contributed by atoms with van der Waals surface area (Å²) in [5.41, 5.74) is 6.78. The Hall–Kier alpha value is -3.43. The number of hydrogen-bond acceptors (Lipinski definition) is 10. The Kier molecular flexibility index (Phi) is 19.2. The van der Waals surface area contributed by atoms with Gasteiger partial charge in [0.2, 0.25) is 23.6 Å². The lowest BCUT2D eigenvalue weighted by molar-refractivity contribution is -0.146. The molecule has 1 aliphatic heterocycles. The van der Waals surface area contributed by atoms with Crippen molar-refractivity contribution in [1.29, 1.82) is 0 Å². The zero-order valence-corrected chi connectivity index (χ0v) is 35.3. The molecule has 0 spiro atoms. The predicted octanol–water partition coefficient (Wildman–Crippen LogP) is 3.88. The minimum Gasteiger partial charge on any atom is -0.379 e. The molecule has 0 bridgehead atoms. The second-order valence-electron chi connectivity index (χ2n) is 15.3. The Morgan fingerprint density at radius 1 is 1.05 bits per heavy atom. The van der Waals surface area contributed by atoms with Gasteiger partial charge in [0, 0.05) is 39.4 Å². The lowest BCUT2D eigenvalue weighted by Gasteiger charge is -2.39. The summed E-state index contributed by atoms with van der Waals surface area (Å²) in [4.78, 5) is 64.9. The third-order valence-corrected chi connectivity index (χ3v) is 12.0. The summed E-state index contributed by atoms with van der Waals surface area (Å²) < 4.78 is 12.0. The van der Waals surface area contributed by atoms with E-state index in [0.717, 1.165) is 29.8 Å². The number of methoxy groups -OCH3 is 2. The molecule has 2 aromatic rings. The molecule has 1 aromatic heterocycles. The number of hydrogen-bond donors (Lipinski definition) is 3. The van der Waals surface area contributed by atoms with Crippen LogP contribution in [0.2, 0.25) is 0 Å². The lowest BCUT2D eigenvalue weighted by Crippen LogP contribution is -2.55. The molecule has 55 heavy (non-hydrogen) atoms. The highest BCUT2D eigenvalue weighted by molar-refractivity contribution is 7.09. The van der Waals surface area contributed by atoms with Gasteiger partial charge in [-0.15, -0.1) is 11.3 Å². The number of rotatable bonds is 23. The Bertz CT molecular complexity index is 1460. The molecule has 2 heterocycles. The van der Waals surface area contributed by atoms with Gasteiger partial charge in [0.1, 0.15) is 5.01 Å². The van der Waals surface area contributed by atoms with Crippen molar-refractivity contribution in [2.24, 2.45) is 23.5 Å². The van der Waals surface area contributed by atoms with Crippen molar-refractivity contribution in [1.82, 2.24) is 30.3 Å². The van der Waals surface area contributed by atoms with E-state index in [2.05, 4.69) is 15.6 Å². The van der Waals surface area contributed by atoms with Gasteiger partial charge in [0.25, 0.3) is 0 Å². The van der Waals surface area contributed by atoms with Crippen molar-refractivity contribution >= 4 is 35.0 Å². The quantitative estimate of drug-likeness (QED) is 0.152. The zero-order valence-electron chi connectivity index (χ0n) is 34.5. The van der Waals surface area contributed by atoms with E-state index >= 15 is 0 Å². The number of nitrogens with two attached hydrogens (primary N) is 1. The Balaban J connectivity index is 1.71. The molecule has 8 atom stereocenters. The smallest absolute Gasteiger partial charge is 0.242 e. The van der Waals surface area contributed by atoms with Crippen molar-refractivity contribution in [2.75, 3.05) is 54.5 Å². The average Bonchev–Trinajstić information content (AvgIpc) is 3.89. The second-order valence-corrected chi connectivity index (χ2v) is 16.2. The van der Waals surface area contributed by atoms with Gasteiger partial charge in [-0.1, -0.05) is 71.4 Å². The van der Waals surface area contributed by atoms with Crippen LogP contribution in [0.15, 0.2) is 41.9 Å². The van der Waals surface area contributed by atoms with E-state index in [1.54, 1.807) is 32.4 Å². The number of ether oxygens (including phenoxy) is 2. The van der Waals surface area contributed by atoms with Gasteiger partial charge in [-0.05, 0) is 63.2 Å². The van der Waals surface area contributed by atoms with Gasteiger partial charge in [0.05, 0.1) is 55.3 Å². The summed E-state index contributed by atoms with van der Waals surface area (Å²) in [7, 11) is 6.77. The Labute approximate surface area is 333 Å². The van der Waals surface area contributed by atoms with Crippen LogP contribution in [0.5, 0.6) is 0 Å². The first kappa shape index (κ1) is 46.0. The van der Waals surface area contributed by atoms with Gasteiger partial charge < -0.3 is 35.6 Å². The average molecular weight is 786 g/mol. The fourth-order valence-electron chi connectivity index (χ4n) is 7.97. The van der Waals surface area contributed by atoms with E-state index in [9.17, 15) is 19.2 Å². The number of benzene rings is 1. The molecule has 4 N–H and O–H groups in total.